The van der Waals surface area contributed by atoms with Crippen molar-refractivity contribution in [3.8, 4) is 0 Å². The van der Waals surface area contributed by atoms with Crippen LogP contribution >= 0.6 is 0 Å². The lowest BCUT2D eigenvalue weighted by Gasteiger charge is -2.24. The zero-order valence-electron chi connectivity index (χ0n) is 14.0. The van der Waals surface area contributed by atoms with E-state index in [1.54, 1.807) is 0 Å². The van der Waals surface area contributed by atoms with Crippen molar-refractivity contribution in [1.29, 1.82) is 0 Å². The first-order valence-corrected chi connectivity index (χ1v) is 3.91. The predicted octanol–water partition coefficient (Wildman–Crippen LogP) is 2.26. The third-order valence-electron chi connectivity index (χ3n) is 1.15. The summed E-state index contributed by atoms with van der Waals surface area (Å²) in [5.74, 6) is -4.74. The molecular formula is C9H15F2NO2. The van der Waals surface area contributed by atoms with Crippen molar-refractivity contribution in [1.82, 2.24) is 4.90 Å². The van der Waals surface area contributed by atoms with Gasteiger partial charge in [-0.05, 0) is 20.8 Å². The quantitative estimate of drug-likeness (QED) is 0.617. The van der Waals surface area contributed by atoms with E-state index in [2.05, 4.69) is 4.74 Å². The molecular weight excluding hydrogens is 192 g/mol. The highest BCUT2D eigenvalue weighted by Gasteiger charge is 2.41. The summed E-state index contributed by atoms with van der Waals surface area (Å²) in [5.41, 5.74) is -1.17. The zero-order valence-corrected chi connectivity index (χ0v) is 8.02. The zero-order chi connectivity index (χ0) is 16.4. The minimum absolute atomic E-state index is 0.509. The van der Waals surface area contributed by atoms with Gasteiger partial charge >= 0.3 is 6.09 Å². The molecule has 1 fully saturated rings. The number of carbonyl (C=O) groups is 1. The van der Waals surface area contributed by atoms with Crippen molar-refractivity contribution in [2.24, 2.45) is 0 Å². The largest absolute Gasteiger partial charge is 0.444 e. The van der Waals surface area contributed by atoms with Crippen LogP contribution in [0.1, 0.15) is 35.4 Å². The standard InChI is InChI=1S/C9H15F2NO2/c1-8(2,3)14-7(13)12-5-4-9(10,11)6-12/h4-6H2,1-3H3/i4D2,5D2,6D2. The molecule has 0 aromatic heterocycles. The van der Waals surface area contributed by atoms with E-state index in [1.165, 1.54) is 20.8 Å². The van der Waals surface area contributed by atoms with Crippen LogP contribution in [0.2, 0.25) is 0 Å². The molecule has 1 saturated heterocycles. The van der Waals surface area contributed by atoms with E-state index in [1.807, 2.05) is 0 Å². The molecule has 3 nitrogen and oxygen atoms in total. The van der Waals surface area contributed by atoms with Gasteiger partial charge in [-0.15, -0.1) is 0 Å². The number of hydrogen-bond acceptors (Lipinski definition) is 2. The Bertz CT molecular complexity index is 409. The number of hydrogen-bond donors (Lipinski definition) is 0. The van der Waals surface area contributed by atoms with Crippen molar-refractivity contribution in [3.05, 3.63) is 0 Å². The lowest BCUT2D eigenvalue weighted by molar-refractivity contribution is -0.00189. The summed E-state index contributed by atoms with van der Waals surface area (Å²) in [6.45, 7) is -3.26. The summed E-state index contributed by atoms with van der Waals surface area (Å²) in [5, 5.41) is 0. The van der Waals surface area contributed by atoms with Crippen LogP contribution in [0.5, 0.6) is 0 Å². The Kier molecular flexibility index (Phi) is 1.27. The highest BCUT2D eigenvalue weighted by atomic mass is 19.3. The van der Waals surface area contributed by atoms with Gasteiger partial charge in [-0.2, -0.15) is 0 Å². The van der Waals surface area contributed by atoms with E-state index in [0.29, 0.717) is 0 Å². The van der Waals surface area contributed by atoms with Crippen molar-refractivity contribution >= 4 is 6.09 Å². The highest BCUT2D eigenvalue weighted by Crippen LogP contribution is 2.27. The fourth-order valence-corrected chi connectivity index (χ4v) is 0.721. The van der Waals surface area contributed by atoms with Gasteiger partial charge in [0.2, 0.25) is 0 Å². The molecule has 0 radical (unpaired) electrons. The number of ether oxygens (including phenoxy) is 1. The normalized spacial score (nSPS) is 38.2. The molecule has 0 spiro atoms. The van der Waals surface area contributed by atoms with E-state index in [0.717, 1.165) is 0 Å². The van der Waals surface area contributed by atoms with Gasteiger partial charge in [0.05, 0.1) is 9.24 Å². The lowest BCUT2D eigenvalue weighted by atomic mass is 10.2. The third-order valence-corrected chi connectivity index (χ3v) is 1.15. The van der Waals surface area contributed by atoms with E-state index in [9.17, 15) is 13.6 Å². The molecule has 1 aliphatic heterocycles. The van der Waals surface area contributed by atoms with E-state index < -0.39 is 41.9 Å². The first-order valence-electron chi connectivity index (χ1n) is 6.91. The molecule has 0 N–H and O–H groups in total. The van der Waals surface area contributed by atoms with Crippen LogP contribution in [-0.4, -0.2) is 35.5 Å². The molecule has 0 saturated carbocycles. The van der Waals surface area contributed by atoms with Gasteiger partial charge in [-0.25, -0.2) is 13.6 Å². The Hall–Kier alpha value is -0.870. The molecule has 1 aliphatic rings. The Balaban J connectivity index is 3.36. The van der Waals surface area contributed by atoms with Crippen LogP contribution in [0.4, 0.5) is 13.6 Å². The maximum Gasteiger partial charge on any atom is 0.410 e. The minimum Gasteiger partial charge on any atom is -0.444 e. The van der Waals surface area contributed by atoms with Crippen LogP contribution in [0.15, 0.2) is 0 Å². The van der Waals surface area contributed by atoms with Gasteiger partial charge < -0.3 is 9.64 Å². The molecule has 0 aromatic carbocycles. The van der Waals surface area contributed by atoms with E-state index >= 15 is 0 Å². The van der Waals surface area contributed by atoms with Crippen molar-refractivity contribution in [2.45, 2.75) is 38.7 Å². The SMILES string of the molecule is [2H]C1([2H])N(C(=O)OC(C)(C)C)C([2H])([2H])C(F)(F)C1([2H])[2H]. The molecule has 0 aromatic rings. The molecule has 1 heterocycles. The summed E-state index contributed by atoms with van der Waals surface area (Å²) in [7, 11) is 0. The molecule has 0 bridgehead atoms. The average Bonchev–Trinajstić information content (AvgIpc) is 2.17. The Morgan fingerprint density at radius 3 is 2.50 bits per heavy atom. The predicted molar refractivity (Wildman–Crippen MR) is 47.4 cm³/mol. The fraction of sp³-hybridized carbons (Fsp3) is 0.889. The van der Waals surface area contributed by atoms with Gasteiger partial charge in [0.15, 0.2) is 0 Å². The van der Waals surface area contributed by atoms with Crippen molar-refractivity contribution in [2.75, 3.05) is 13.0 Å². The van der Waals surface area contributed by atoms with Gasteiger partial charge in [0.1, 0.15) is 5.60 Å². The summed E-state index contributed by atoms with van der Waals surface area (Å²) in [6.07, 6.45) is -5.59. The lowest BCUT2D eigenvalue weighted by Crippen LogP contribution is -2.36. The van der Waals surface area contributed by atoms with Crippen LogP contribution in [-0.2, 0) is 4.74 Å². The number of alkyl halides is 2. The van der Waals surface area contributed by atoms with Crippen LogP contribution in [0, 0.1) is 0 Å². The number of nitrogens with zero attached hydrogens (tertiary/aromatic N) is 1. The van der Waals surface area contributed by atoms with E-state index in [-0.39, 0.29) is 0 Å². The molecule has 0 unspecified atom stereocenters. The molecule has 14 heavy (non-hydrogen) atoms. The Morgan fingerprint density at radius 2 is 2.14 bits per heavy atom. The Morgan fingerprint density at radius 1 is 1.57 bits per heavy atom. The van der Waals surface area contributed by atoms with Crippen molar-refractivity contribution in [3.63, 3.8) is 0 Å². The molecule has 0 aliphatic carbocycles. The molecule has 1 rings (SSSR count). The van der Waals surface area contributed by atoms with Gasteiger partial charge in [0.25, 0.3) is 5.92 Å². The number of amides is 1. The first kappa shape index (κ1) is 5.28. The smallest absolute Gasteiger partial charge is 0.410 e. The summed E-state index contributed by atoms with van der Waals surface area (Å²) in [4.78, 5) is 11.3. The number of likely N-dealkylation sites (tertiary alicyclic amines) is 1. The molecule has 82 valence electrons. The number of rotatable bonds is 0. The highest BCUT2D eigenvalue weighted by molar-refractivity contribution is 5.68. The van der Waals surface area contributed by atoms with Crippen LogP contribution < -0.4 is 0 Å². The molecule has 0 atom stereocenters. The van der Waals surface area contributed by atoms with Gasteiger partial charge in [0, 0.05) is 18.4 Å². The average molecular weight is 213 g/mol. The van der Waals surface area contributed by atoms with E-state index in [4.69, 9.17) is 8.22 Å². The summed E-state index contributed by atoms with van der Waals surface area (Å²) in [6, 6.07) is 0. The maximum atomic E-state index is 13.8. The first-order chi connectivity index (χ1) is 8.50. The Labute approximate surface area is 90.4 Å². The van der Waals surface area contributed by atoms with Crippen LogP contribution in [0.25, 0.3) is 0 Å². The topological polar surface area (TPSA) is 29.5 Å². The second kappa shape index (κ2) is 3.37. The molecule has 5 heteroatoms. The fourth-order valence-electron chi connectivity index (χ4n) is 0.721. The minimum atomic E-state index is -4.74. The summed E-state index contributed by atoms with van der Waals surface area (Å²) >= 11 is 0. The maximum absolute atomic E-state index is 13.8. The third kappa shape index (κ3) is 3.12. The second-order valence-corrected chi connectivity index (χ2v) is 3.74. The van der Waals surface area contributed by atoms with Gasteiger partial charge in [-0.3, -0.25) is 0 Å². The number of carbonyl (C=O) groups excluding carboxylic acids is 1. The van der Waals surface area contributed by atoms with Crippen molar-refractivity contribution < 1.29 is 26.5 Å². The monoisotopic (exact) mass is 213 g/mol. The van der Waals surface area contributed by atoms with Crippen LogP contribution in [0.3, 0.4) is 0 Å². The van der Waals surface area contributed by atoms with Gasteiger partial charge in [-0.1, -0.05) is 0 Å². The number of halogens is 2. The molecule has 1 amide bonds. The second-order valence-electron chi connectivity index (χ2n) is 3.74. The summed E-state index contributed by atoms with van der Waals surface area (Å²) < 4.78 is 75.9.